The van der Waals surface area contributed by atoms with Crippen LogP contribution in [0.3, 0.4) is 0 Å². The Morgan fingerprint density at radius 1 is 1.43 bits per heavy atom. The number of hydrogen-bond acceptors (Lipinski definition) is 4. The van der Waals surface area contributed by atoms with E-state index in [0.717, 1.165) is 16.9 Å². The first-order valence-electron chi connectivity index (χ1n) is 6.85. The molecule has 2 rings (SSSR count). The van der Waals surface area contributed by atoms with Crippen LogP contribution in [0.1, 0.15) is 36.8 Å². The molecule has 0 spiro atoms. The molecule has 0 bridgehead atoms. The highest BCUT2D eigenvalue weighted by Crippen LogP contribution is 2.23. The summed E-state index contributed by atoms with van der Waals surface area (Å²) in [6.45, 7) is 3.91. The fourth-order valence-electron chi connectivity index (χ4n) is 2.00. The molecule has 2 amide bonds. The average Bonchev–Trinajstić information content (AvgIpc) is 3.14. The van der Waals surface area contributed by atoms with E-state index in [1.54, 1.807) is 18.3 Å². The van der Waals surface area contributed by atoms with Gasteiger partial charge in [-0.2, -0.15) is 11.3 Å². The number of aliphatic hydroxyl groups is 1. The Bertz CT molecular complexity index is 550. The van der Waals surface area contributed by atoms with Crippen LogP contribution in [0.5, 0.6) is 0 Å². The summed E-state index contributed by atoms with van der Waals surface area (Å²) >= 11 is 3.16. The fourth-order valence-corrected chi connectivity index (χ4v) is 3.64. The highest BCUT2D eigenvalue weighted by Gasteiger charge is 2.24. The Hall–Kier alpha value is -1.37. The third-order valence-electron chi connectivity index (χ3n) is 3.34. The maximum Gasteiger partial charge on any atom is 0.315 e. The number of nitrogens with one attached hydrogen (secondary N) is 2. The van der Waals surface area contributed by atoms with E-state index in [1.165, 1.54) is 11.3 Å². The van der Waals surface area contributed by atoms with E-state index in [0.29, 0.717) is 0 Å². The van der Waals surface area contributed by atoms with Crippen molar-refractivity contribution >= 4 is 28.7 Å². The molecule has 2 aromatic rings. The molecule has 0 radical (unpaired) electrons. The van der Waals surface area contributed by atoms with Gasteiger partial charge in [0.2, 0.25) is 0 Å². The molecule has 3 N–H and O–H groups in total. The number of urea groups is 1. The van der Waals surface area contributed by atoms with Crippen molar-refractivity contribution < 1.29 is 9.90 Å². The van der Waals surface area contributed by atoms with Crippen LogP contribution in [0.15, 0.2) is 34.3 Å². The summed E-state index contributed by atoms with van der Waals surface area (Å²) in [7, 11) is 0. The van der Waals surface area contributed by atoms with E-state index in [1.807, 2.05) is 41.3 Å². The van der Waals surface area contributed by atoms with Gasteiger partial charge in [0.05, 0.1) is 12.6 Å². The summed E-state index contributed by atoms with van der Waals surface area (Å²) in [4.78, 5) is 13.1. The number of carbonyl (C=O) groups excluding carboxylic acids is 1. The van der Waals surface area contributed by atoms with Crippen molar-refractivity contribution in [2.24, 2.45) is 0 Å². The van der Waals surface area contributed by atoms with Crippen LogP contribution in [0.4, 0.5) is 4.79 Å². The second-order valence-corrected chi connectivity index (χ2v) is 6.85. The van der Waals surface area contributed by atoms with E-state index in [-0.39, 0.29) is 18.6 Å². The normalized spacial score (nSPS) is 15.2. The van der Waals surface area contributed by atoms with Gasteiger partial charge in [0.1, 0.15) is 5.60 Å². The minimum Gasteiger partial charge on any atom is -0.384 e. The average molecular weight is 324 g/mol. The van der Waals surface area contributed by atoms with Crippen molar-refractivity contribution in [2.45, 2.75) is 31.9 Å². The minimum absolute atomic E-state index is 0.0103. The van der Waals surface area contributed by atoms with Gasteiger partial charge in [-0.1, -0.05) is 13.0 Å². The molecule has 114 valence electrons. The zero-order chi connectivity index (χ0) is 15.3. The Morgan fingerprint density at radius 2 is 2.24 bits per heavy atom. The number of hydrogen-bond donors (Lipinski definition) is 3. The number of thiophene rings is 2. The van der Waals surface area contributed by atoms with Crippen LogP contribution in [0.25, 0.3) is 0 Å². The molecule has 2 aromatic heterocycles. The predicted octanol–water partition coefficient (Wildman–Crippen LogP) is 3.47. The third kappa shape index (κ3) is 4.30. The Balaban J connectivity index is 1.87. The molecular weight excluding hydrogens is 304 g/mol. The summed E-state index contributed by atoms with van der Waals surface area (Å²) in [5.74, 6) is 0. The lowest BCUT2D eigenvalue weighted by atomic mass is 9.99. The van der Waals surface area contributed by atoms with E-state index >= 15 is 0 Å². The summed E-state index contributed by atoms with van der Waals surface area (Å²) in [6, 6.07) is 5.61. The Labute approximate surface area is 132 Å². The lowest BCUT2D eigenvalue weighted by Crippen LogP contribution is -2.44. The highest BCUT2D eigenvalue weighted by atomic mass is 32.1. The molecule has 0 aliphatic rings. The zero-order valence-electron chi connectivity index (χ0n) is 12.1. The third-order valence-corrected chi connectivity index (χ3v) is 5.01. The second-order valence-electron chi connectivity index (χ2n) is 5.09. The highest BCUT2D eigenvalue weighted by molar-refractivity contribution is 7.10. The maximum absolute atomic E-state index is 12.0. The van der Waals surface area contributed by atoms with Gasteiger partial charge in [0, 0.05) is 4.88 Å². The largest absolute Gasteiger partial charge is 0.384 e. The molecule has 2 atom stereocenters. The van der Waals surface area contributed by atoms with Crippen molar-refractivity contribution in [1.29, 1.82) is 0 Å². The van der Waals surface area contributed by atoms with Crippen molar-refractivity contribution in [2.75, 3.05) is 6.54 Å². The molecule has 21 heavy (non-hydrogen) atoms. The molecular formula is C15H20N2O2S2. The SMILES string of the molecule is CCC(NC(=O)NCC(C)(O)c1ccsc1)c1cccs1. The van der Waals surface area contributed by atoms with Crippen LogP contribution in [-0.2, 0) is 5.60 Å². The summed E-state index contributed by atoms with van der Waals surface area (Å²) in [6.07, 6.45) is 0.828. The van der Waals surface area contributed by atoms with Crippen LogP contribution in [0.2, 0.25) is 0 Å². The first kappa shape index (κ1) is 16.0. The molecule has 4 nitrogen and oxygen atoms in total. The van der Waals surface area contributed by atoms with Crippen molar-refractivity contribution in [3.63, 3.8) is 0 Å². The summed E-state index contributed by atoms with van der Waals surface area (Å²) in [5, 5.41) is 21.8. The van der Waals surface area contributed by atoms with Gasteiger partial charge in [-0.3, -0.25) is 0 Å². The fraction of sp³-hybridized carbons (Fsp3) is 0.400. The van der Waals surface area contributed by atoms with Gasteiger partial charge in [-0.25, -0.2) is 4.79 Å². The van der Waals surface area contributed by atoms with E-state index in [2.05, 4.69) is 10.6 Å². The van der Waals surface area contributed by atoms with Gasteiger partial charge in [0.15, 0.2) is 0 Å². The van der Waals surface area contributed by atoms with E-state index in [9.17, 15) is 9.90 Å². The first-order valence-corrected chi connectivity index (χ1v) is 8.68. The van der Waals surface area contributed by atoms with Crippen LogP contribution < -0.4 is 10.6 Å². The zero-order valence-corrected chi connectivity index (χ0v) is 13.8. The molecule has 2 unspecified atom stereocenters. The van der Waals surface area contributed by atoms with Crippen molar-refractivity contribution in [3.8, 4) is 0 Å². The van der Waals surface area contributed by atoms with E-state index < -0.39 is 5.60 Å². The van der Waals surface area contributed by atoms with Crippen LogP contribution in [0, 0.1) is 0 Å². The minimum atomic E-state index is -1.05. The summed E-state index contributed by atoms with van der Waals surface area (Å²) in [5.41, 5.74) is -0.236. The maximum atomic E-state index is 12.0. The predicted molar refractivity (Wildman–Crippen MR) is 87.8 cm³/mol. The topological polar surface area (TPSA) is 61.4 Å². The summed E-state index contributed by atoms with van der Waals surface area (Å²) < 4.78 is 0. The lowest BCUT2D eigenvalue weighted by Gasteiger charge is -2.24. The van der Waals surface area contributed by atoms with Gasteiger partial charge >= 0.3 is 6.03 Å². The Morgan fingerprint density at radius 3 is 2.81 bits per heavy atom. The molecule has 0 aromatic carbocycles. The van der Waals surface area contributed by atoms with Crippen molar-refractivity contribution in [1.82, 2.24) is 10.6 Å². The van der Waals surface area contributed by atoms with Crippen LogP contribution in [-0.4, -0.2) is 17.7 Å². The first-order chi connectivity index (χ1) is 10.0. The standard InChI is InChI=1S/C15H20N2O2S2/c1-3-12(13-5-4-7-21-13)17-14(18)16-10-15(2,19)11-6-8-20-9-11/h4-9,12,19H,3,10H2,1-2H3,(H2,16,17,18). The van der Waals surface area contributed by atoms with Crippen molar-refractivity contribution in [3.05, 3.63) is 44.8 Å². The second kappa shape index (κ2) is 7.06. The quantitative estimate of drug-likeness (QED) is 0.762. The lowest BCUT2D eigenvalue weighted by molar-refractivity contribution is 0.0597. The molecule has 6 heteroatoms. The molecule has 0 saturated carbocycles. The number of carbonyl (C=O) groups is 1. The molecule has 0 fully saturated rings. The van der Waals surface area contributed by atoms with E-state index in [4.69, 9.17) is 0 Å². The van der Waals surface area contributed by atoms with Gasteiger partial charge in [0.25, 0.3) is 0 Å². The molecule has 0 aliphatic carbocycles. The Kier molecular flexibility index (Phi) is 5.39. The smallest absolute Gasteiger partial charge is 0.315 e. The number of rotatable bonds is 6. The van der Waals surface area contributed by atoms with Gasteiger partial charge < -0.3 is 15.7 Å². The number of amides is 2. The monoisotopic (exact) mass is 324 g/mol. The van der Waals surface area contributed by atoms with Gasteiger partial charge in [-0.05, 0) is 47.2 Å². The molecule has 0 aliphatic heterocycles. The van der Waals surface area contributed by atoms with Gasteiger partial charge in [-0.15, -0.1) is 11.3 Å². The van der Waals surface area contributed by atoms with Crippen LogP contribution >= 0.6 is 22.7 Å². The molecule has 2 heterocycles. The molecule has 0 saturated heterocycles.